The molecule has 4 nitrogen and oxygen atoms in total. The Morgan fingerprint density at radius 2 is 2.20 bits per heavy atom. The van der Waals surface area contributed by atoms with E-state index in [0.29, 0.717) is 23.0 Å². The van der Waals surface area contributed by atoms with Crippen molar-refractivity contribution in [2.45, 2.75) is 26.7 Å². The molecule has 110 valence electrons. The van der Waals surface area contributed by atoms with E-state index in [4.69, 9.17) is 11.6 Å². The molecule has 1 amide bonds. The molecule has 1 saturated heterocycles. The topological polar surface area (TPSA) is 57.6 Å². The van der Waals surface area contributed by atoms with E-state index >= 15 is 0 Å². The van der Waals surface area contributed by atoms with Crippen LogP contribution in [-0.2, 0) is 4.79 Å². The number of rotatable bonds is 3. The van der Waals surface area contributed by atoms with Crippen LogP contribution in [0.4, 0.5) is 0 Å². The highest BCUT2D eigenvalue weighted by Gasteiger charge is 2.40. The third-order valence-corrected chi connectivity index (χ3v) is 5.30. The van der Waals surface area contributed by atoms with Crippen LogP contribution < -0.4 is 0 Å². The zero-order valence-corrected chi connectivity index (χ0v) is 13.1. The van der Waals surface area contributed by atoms with Crippen LogP contribution in [0, 0.1) is 11.3 Å². The number of aliphatic carboxylic acids is 1. The van der Waals surface area contributed by atoms with E-state index in [1.54, 1.807) is 30.2 Å². The van der Waals surface area contributed by atoms with Gasteiger partial charge in [-0.1, -0.05) is 11.6 Å². The van der Waals surface area contributed by atoms with E-state index in [2.05, 4.69) is 0 Å². The normalized spacial score (nSPS) is 19.9. The van der Waals surface area contributed by atoms with Crippen molar-refractivity contribution in [1.82, 2.24) is 4.90 Å². The largest absolute Gasteiger partial charge is 0.481 e. The predicted octanol–water partition coefficient (Wildman–Crippen LogP) is 3.36. The number of thiophene rings is 1. The summed E-state index contributed by atoms with van der Waals surface area (Å²) in [5.41, 5.74) is -0.303. The number of carboxylic acid groups (broad SMARTS) is 1. The maximum absolute atomic E-state index is 12.4. The van der Waals surface area contributed by atoms with E-state index in [9.17, 15) is 14.7 Å². The molecule has 0 saturated carbocycles. The minimum absolute atomic E-state index is 0.0323. The third-order valence-electron chi connectivity index (χ3n) is 4.13. The number of amides is 1. The molecule has 6 heteroatoms. The number of carbonyl (C=O) groups excluding carboxylic acids is 1. The number of hydrogen-bond acceptors (Lipinski definition) is 3. The van der Waals surface area contributed by atoms with Crippen molar-refractivity contribution in [2.24, 2.45) is 11.3 Å². The van der Waals surface area contributed by atoms with Gasteiger partial charge in [-0.3, -0.25) is 9.59 Å². The second-order valence-electron chi connectivity index (χ2n) is 5.73. The van der Waals surface area contributed by atoms with Crippen molar-refractivity contribution < 1.29 is 14.7 Å². The summed E-state index contributed by atoms with van der Waals surface area (Å²) >= 11 is 7.34. The van der Waals surface area contributed by atoms with Gasteiger partial charge in [0.2, 0.25) is 0 Å². The Morgan fingerprint density at radius 3 is 2.75 bits per heavy atom. The van der Waals surface area contributed by atoms with Crippen LogP contribution in [0.25, 0.3) is 0 Å². The van der Waals surface area contributed by atoms with Gasteiger partial charge in [-0.2, -0.15) is 0 Å². The van der Waals surface area contributed by atoms with Crippen LogP contribution in [0.3, 0.4) is 0 Å². The molecule has 1 atom stereocenters. The second kappa shape index (κ2) is 5.74. The quantitative estimate of drug-likeness (QED) is 0.930. The first-order chi connectivity index (χ1) is 9.34. The van der Waals surface area contributed by atoms with Crippen LogP contribution in [0.15, 0.2) is 11.4 Å². The fraction of sp³-hybridized carbons (Fsp3) is 0.571. The lowest BCUT2D eigenvalue weighted by atomic mass is 9.74. The summed E-state index contributed by atoms with van der Waals surface area (Å²) in [5, 5.41) is 11.1. The molecule has 0 radical (unpaired) electrons. The van der Waals surface area contributed by atoms with Crippen LogP contribution in [0.1, 0.15) is 37.0 Å². The molecule has 1 aromatic rings. The number of carboxylic acids is 1. The Bertz CT molecular complexity index is 526. The van der Waals surface area contributed by atoms with Gasteiger partial charge in [0.1, 0.15) is 4.34 Å². The van der Waals surface area contributed by atoms with Gasteiger partial charge in [0.25, 0.3) is 5.91 Å². The summed E-state index contributed by atoms with van der Waals surface area (Å²) in [6, 6.07) is 1.72. The molecule has 1 N–H and O–H groups in total. The maximum atomic E-state index is 12.4. The van der Waals surface area contributed by atoms with E-state index in [-0.39, 0.29) is 11.8 Å². The molecule has 1 fully saturated rings. The zero-order valence-electron chi connectivity index (χ0n) is 11.6. The van der Waals surface area contributed by atoms with E-state index < -0.39 is 11.4 Å². The average molecular weight is 316 g/mol. The first-order valence-electron chi connectivity index (χ1n) is 6.59. The number of nitrogens with zero attached hydrogens (tertiary/aromatic N) is 1. The third kappa shape index (κ3) is 2.83. The van der Waals surface area contributed by atoms with Crippen LogP contribution in [-0.4, -0.2) is 35.0 Å². The molecule has 1 aromatic heterocycles. The number of likely N-dealkylation sites (tertiary alicyclic amines) is 1. The standard InChI is InChI=1S/C14H18ClNO3S/c1-14(2,13(18)19)9-4-3-6-16(8-9)12(17)10-5-7-20-11(10)15/h5,7,9H,3-4,6,8H2,1-2H3,(H,18,19). The van der Waals surface area contributed by atoms with E-state index in [1.807, 2.05) is 0 Å². The highest BCUT2D eigenvalue weighted by molar-refractivity contribution is 7.14. The van der Waals surface area contributed by atoms with Crippen LogP contribution in [0.2, 0.25) is 4.34 Å². The molecule has 0 aromatic carbocycles. The van der Waals surface area contributed by atoms with Gasteiger partial charge in [0.15, 0.2) is 0 Å². The highest BCUT2D eigenvalue weighted by atomic mass is 35.5. The van der Waals surface area contributed by atoms with Gasteiger partial charge >= 0.3 is 5.97 Å². The van der Waals surface area contributed by atoms with Gasteiger partial charge in [-0.05, 0) is 44.1 Å². The summed E-state index contributed by atoms with van der Waals surface area (Å²) < 4.78 is 0.495. The molecular weight excluding hydrogens is 298 g/mol. The fourth-order valence-corrected chi connectivity index (χ4v) is 3.45. The van der Waals surface area contributed by atoms with Gasteiger partial charge in [0.05, 0.1) is 11.0 Å². The molecular formula is C14H18ClNO3S. The SMILES string of the molecule is CC(C)(C(=O)O)C1CCCN(C(=O)c2ccsc2Cl)C1. The summed E-state index contributed by atoms with van der Waals surface area (Å²) in [4.78, 5) is 25.5. The summed E-state index contributed by atoms with van der Waals surface area (Å²) in [6.07, 6.45) is 1.66. The molecule has 2 rings (SSSR count). The molecule has 0 bridgehead atoms. The minimum Gasteiger partial charge on any atom is -0.481 e. The van der Waals surface area contributed by atoms with Crippen molar-refractivity contribution in [1.29, 1.82) is 0 Å². The first kappa shape index (κ1) is 15.3. The zero-order chi connectivity index (χ0) is 14.9. The van der Waals surface area contributed by atoms with Crippen molar-refractivity contribution in [3.05, 3.63) is 21.3 Å². The van der Waals surface area contributed by atoms with Gasteiger partial charge in [0, 0.05) is 13.1 Å². The average Bonchev–Trinajstić information content (AvgIpc) is 2.84. The summed E-state index contributed by atoms with van der Waals surface area (Å²) in [5.74, 6) is -0.942. The maximum Gasteiger partial charge on any atom is 0.309 e. The van der Waals surface area contributed by atoms with Crippen molar-refractivity contribution in [3.63, 3.8) is 0 Å². The van der Waals surface area contributed by atoms with Crippen LogP contribution in [0.5, 0.6) is 0 Å². The number of carbonyl (C=O) groups is 2. The van der Waals surface area contributed by atoms with Gasteiger partial charge < -0.3 is 10.0 Å². The number of piperidine rings is 1. The lowest BCUT2D eigenvalue weighted by Gasteiger charge is -2.39. The summed E-state index contributed by atoms with van der Waals surface area (Å²) in [6.45, 7) is 4.60. The fourth-order valence-electron chi connectivity index (χ4n) is 2.54. The molecule has 2 heterocycles. The Hall–Kier alpha value is -1.07. The highest BCUT2D eigenvalue weighted by Crippen LogP contribution is 2.35. The molecule has 0 aliphatic carbocycles. The number of hydrogen-bond donors (Lipinski definition) is 1. The minimum atomic E-state index is -0.822. The molecule has 1 aliphatic rings. The lowest BCUT2D eigenvalue weighted by molar-refractivity contribution is -0.151. The van der Waals surface area contributed by atoms with Crippen molar-refractivity contribution in [2.75, 3.05) is 13.1 Å². The molecule has 1 aliphatic heterocycles. The predicted molar refractivity (Wildman–Crippen MR) is 79.4 cm³/mol. The van der Waals surface area contributed by atoms with Gasteiger partial charge in [-0.25, -0.2) is 0 Å². The Labute approximate surface area is 127 Å². The molecule has 20 heavy (non-hydrogen) atoms. The van der Waals surface area contributed by atoms with Crippen molar-refractivity contribution >= 4 is 34.8 Å². The van der Waals surface area contributed by atoms with E-state index in [1.165, 1.54) is 11.3 Å². The van der Waals surface area contributed by atoms with E-state index in [0.717, 1.165) is 12.8 Å². The second-order valence-corrected chi connectivity index (χ2v) is 7.24. The summed E-state index contributed by atoms with van der Waals surface area (Å²) in [7, 11) is 0. The number of halogens is 1. The van der Waals surface area contributed by atoms with Crippen molar-refractivity contribution in [3.8, 4) is 0 Å². The molecule has 0 spiro atoms. The monoisotopic (exact) mass is 315 g/mol. The molecule has 1 unspecified atom stereocenters. The lowest BCUT2D eigenvalue weighted by Crippen LogP contribution is -2.46. The van der Waals surface area contributed by atoms with Gasteiger partial charge in [-0.15, -0.1) is 11.3 Å². The van der Waals surface area contributed by atoms with Crippen LogP contribution >= 0.6 is 22.9 Å². The Morgan fingerprint density at radius 1 is 1.50 bits per heavy atom. The first-order valence-corrected chi connectivity index (χ1v) is 7.85. The smallest absolute Gasteiger partial charge is 0.309 e. The Kier molecular flexibility index (Phi) is 4.39. The Balaban J connectivity index is 2.13.